The maximum absolute atomic E-state index is 12.5. The zero-order valence-corrected chi connectivity index (χ0v) is 17.7. The molecule has 2 aromatic heterocycles. The van der Waals surface area contributed by atoms with E-state index >= 15 is 0 Å². The van der Waals surface area contributed by atoms with Crippen LogP contribution in [-0.4, -0.2) is 23.9 Å². The number of pyridine rings is 1. The molecule has 0 saturated carbocycles. The quantitative estimate of drug-likeness (QED) is 0.547. The number of rotatable bonds is 4. The van der Waals surface area contributed by atoms with Crippen molar-refractivity contribution in [2.24, 2.45) is 0 Å². The number of nitrogens with zero attached hydrogens (tertiary/aromatic N) is 2. The monoisotopic (exact) mass is 459 g/mol. The number of hydrogen-bond acceptors (Lipinski definition) is 5. The van der Waals surface area contributed by atoms with Crippen LogP contribution in [-0.2, 0) is 15.4 Å². The second-order valence-electron chi connectivity index (χ2n) is 7.46. The van der Waals surface area contributed by atoms with Crippen LogP contribution < -0.4 is 4.72 Å². The van der Waals surface area contributed by atoms with Crippen LogP contribution in [0.5, 0.6) is 0 Å². The lowest BCUT2D eigenvalue weighted by Crippen LogP contribution is -2.29. The number of nitrogens with one attached hydrogen (secondary N) is 1. The van der Waals surface area contributed by atoms with E-state index < -0.39 is 15.5 Å². The number of hydrogen-bond donors (Lipinski definition) is 1. The molecule has 3 rings (SSSR count). The molecular weight excluding hydrogens is 443 g/mol. The fraction of sp³-hybridized carbons (Fsp3) is 0.263. The molecule has 0 unspecified atom stereocenters. The number of halogens is 4. The van der Waals surface area contributed by atoms with E-state index in [1.54, 1.807) is 12.3 Å². The average Bonchev–Trinajstić information content (AvgIpc) is 3.10. The number of oxazole rings is 1. The first kappa shape index (κ1) is 22.1. The summed E-state index contributed by atoms with van der Waals surface area (Å²) in [7, 11) is -5.55. The highest BCUT2D eigenvalue weighted by molar-refractivity contribution is 7.93. The summed E-state index contributed by atoms with van der Waals surface area (Å²) in [5.41, 5.74) is -3.48. The molecule has 1 N–H and O–H groups in total. The van der Waals surface area contributed by atoms with Crippen LogP contribution in [0.2, 0.25) is 5.02 Å². The fourth-order valence-electron chi connectivity index (χ4n) is 2.50. The van der Waals surface area contributed by atoms with Gasteiger partial charge in [0, 0.05) is 22.9 Å². The molecule has 160 valence electrons. The molecular formula is C19H17ClF3N3O3S. The largest absolute Gasteiger partial charge is 0.516 e. The van der Waals surface area contributed by atoms with Gasteiger partial charge in [0.25, 0.3) is 0 Å². The number of sulfonamides is 1. The van der Waals surface area contributed by atoms with Crippen molar-refractivity contribution in [3.63, 3.8) is 0 Å². The molecule has 0 aliphatic rings. The second kappa shape index (κ2) is 7.59. The zero-order chi connectivity index (χ0) is 22.3. The molecule has 1 aromatic carbocycles. The van der Waals surface area contributed by atoms with E-state index in [9.17, 15) is 21.6 Å². The van der Waals surface area contributed by atoms with E-state index in [2.05, 4.69) is 9.97 Å². The standard InChI is InChI=1S/C19H17ClF3N3O3S/c1-18(2,3)16-8-11(6-7-24-16)15-10-29-17(25-15)13-5-4-12(9-14(13)20)26-30(27,28)19(21,22)23/h4-10,26H,1-3H3. The third kappa shape index (κ3) is 4.59. The van der Waals surface area contributed by atoms with Gasteiger partial charge in [0.05, 0.1) is 16.3 Å². The third-order valence-corrected chi connectivity index (χ3v) is 5.51. The molecule has 0 bridgehead atoms. The van der Waals surface area contributed by atoms with Gasteiger partial charge in [0.2, 0.25) is 5.89 Å². The van der Waals surface area contributed by atoms with Crippen LogP contribution in [0.3, 0.4) is 0 Å². The van der Waals surface area contributed by atoms with E-state index in [1.165, 1.54) is 17.1 Å². The van der Waals surface area contributed by atoms with Gasteiger partial charge in [-0.3, -0.25) is 9.71 Å². The van der Waals surface area contributed by atoms with E-state index in [4.69, 9.17) is 16.0 Å². The second-order valence-corrected chi connectivity index (χ2v) is 9.54. The van der Waals surface area contributed by atoms with Gasteiger partial charge in [0.1, 0.15) is 12.0 Å². The van der Waals surface area contributed by atoms with Crippen LogP contribution in [0.25, 0.3) is 22.7 Å². The molecule has 6 nitrogen and oxygen atoms in total. The molecule has 3 aromatic rings. The topological polar surface area (TPSA) is 85.1 Å². The third-order valence-electron chi connectivity index (χ3n) is 4.08. The molecule has 0 atom stereocenters. The molecule has 0 aliphatic carbocycles. The lowest BCUT2D eigenvalue weighted by molar-refractivity contribution is -0.0429. The number of benzene rings is 1. The van der Waals surface area contributed by atoms with Crippen molar-refractivity contribution in [1.29, 1.82) is 0 Å². The highest BCUT2D eigenvalue weighted by Gasteiger charge is 2.46. The Balaban J connectivity index is 1.89. The molecule has 2 heterocycles. The molecule has 0 saturated heterocycles. The molecule has 0 aliphatic heterocycles. The first-order chi connectivity index (χ1) is 13.8. The summed E-state index contributed by atoms with van der Waals surface area (Å²) in [4.78, 5) is 8.74. The van der Waals surface area contributed by atoms with Gasteiger partial charge in [-0.05, 0) is 30.3 Å². The summed E-state index contributed by atoms with van der Waals surface area (Å²) in [5, 5.41) is -0.0316. The predicted octanol–water partition coefficient (Wildman–Crippen LogP) is 5.62. The van der Waals surface area contributed by atoms with Gasteiger partial charge in [-0.25, -0.2) is 4.98 Å². The lowest BCUT2D eigenvalue weighted by Gasteiger charge is -2.17. The molecule has 11 heteroatoms. The van der Waals surface area contributed by atoms with Crippen molar-refractivity contribution in [3.8, 4) is 22.7 Å². The molecule has 30 heavy (non-hydrogen) atoms. The van der Waals surface area contributed by atoms with Crippen molar-refractivity contribution in [2.75, 3.05) is 4.72 Å². The van der Waals surface area contributed by atoms with Crippen LogP contribution in [0.15, 0.2) is 47.2 Å². The van der Waals surface area contributed by atoms with Crippen molar-refractivity contribution < 1.29 is 26.0 Å². The van der Waals surface area contributed by atoms with E-state index in [0.29, 0.717) is 11.3 Å². The normalized spacial score (nSPS) is 12.8. The number of aromatic nitrogens is 2. The Morgan fingerprint density at radius 2 is 1.80 bits per heavy atom. The van der Waals surface area contributed by atoms with E-state index in [0.717, 1.165) is 23.4 Å². The first-order valence-electron chi connectivity index (χ1n) is 8.59. The Morgan fingerprint density at radius 1 is 1.10 bits per heavy atom. The number of alkyl halides is 3. The summed E-state index contributed by atoms with van der Waals surface area (Å²) in [6.07, 6.45) is 3.09. The van der Waals surface area contributed by atoms with Gasteiger partial charge in [-0.1, -0.05) is 32.4 Å². The van der Waals surface area contributed by atoms with E-state index in [-0.39, 0.29) is 22.0 Å². The molecule has 0 fully saturated rings. The zero-order valence-electron chi connectivity index (χ0n) is 16.1. The van der Waals surface area contributed by atoms with Crippen LogP contribution in [0.1, 0.15) is 26.5 Å². The Morgan fingerprint density at radius 3 is 2.40 bits per heavy atom. The first-order valence-corrected chi connectivity index (χ1v) is 10.5. The Labute approximate surface area is 176 Å². The van der Waals surface area contributed by atoms with Gasteiger partial charge >= 0.3 is 15.5 Å². The van der Waals surface area contributed by atoms with Gasteiger partial charge in [0.15, 0.2) is 0 Å². The van der Waals surface area contributed by atoms with Crippen LogP contribution in [0, 0.1) is 0 Å². The summed E-state index contributed by atoms with van der Waals surface area (Å²) in [6, 6.07) is 7.16. The Bertz CT molecular complexity index is 1190. The Kier molecular flexibility index (Phi) is 5.59. The van der Waals surface area contributed by atoms with Crippen molar-refractivity contribution >= 4 is 27.3 Å². The van der Waals surface area contributed by atoms with Crippen LogP contribution >= 0.6 is 11.6 Å². The smallest absolute Gasteiger partial charge is 0.444 e. The van der Waals surface area contributed by atoms with Gasteiger partial charge in [-0.15, -0.1) is 0 Å². The fourth-order valence-corrected chi connectivity index (χ4v) is 3.31. The predicted molar refractivity (Wildman–Crippen MR) is 107 cm³/mol. The number of anilines is 1. The van der Waals surface area contributed by atoms with Crippen LogP contribution in [0.4, 0.5) is 18.9 Å². The highest BCUT2D eigenvalue weighted by Crippen LogP contribution is 2.34. The van der Waals surface area contributed by atoms with Crippen molar-refractivity contribution in [3.05, 3.63) is 53.5 Å². The highest BCUT2D eigenvalue weighted by atomic mass is 35.5. The minimum atomic E-state index is -5.55. The minimum Gasteiger partial charge on any atom is -0.444 e. The van der Waals surface area contributed by atoms with Gasteiger partial charge in [-0.2, -0.15) is 21.6 Å². The van der Waals surface area contributed by atoms with E-state index in [1.807, 2.05) is 26.8 Å². The van der Waals surface area contributed by atoms with Gasteiger partial charge < -0.3 is 4.42 Å². The van der Waals surface area contributed by atoms with Crippen molar-refractivity contribution in [1.82, 2.24) is 9.97 Å². The Hall–Kier alpha value is -2.59. The maximum atomic E-state index is 12.5. The maximum Gasteiger partial charge on any atom is 0.516 e. The minimum absolute atomic E-state index is 0.0316. The summed E-state index contributed by atoms with van der Waals surface area (Å²) in [5.74, 6) is 0.134. The molecule has 0 spiro atoms. The lowest BCUT2D eigenvalue weighted by atomic mass is 9.90. The molecule has 0 radical (unpaired) electrons. The molecule has 0 amide bonds. The van der Waals surface area contributed by atoms with Crippen molar-refractivity contribution in [2.45, 2.75) is 31.7 Å². The SMILES string of the molecule is CC(C)(C)c1cc(-c2coc(-c3ccc(NS(=O)(=O)C(F)(F)F)cc3Cl)n2)ccn1. The summed E-state index contributed by atoms with van der Waals surface area (Å²) in [6.45, 7) is 6.09. The average molecular weight is 460 g/mol. The summed E-state index contributed by atoms with van der Waals surface area (Å²) >= 11 is 6.12. The summed E-state index contributed by atoms with van der Waals surface area (Å²) < 4.78 is 66.9.